The number of hydrogen-bond donors (Lipinski definition) is 1. The molecule has 0 saturated heterocycles. The lowest BCUT2D eigenvalue weighted by atomic mass is 10.2. The maximum atomic E-state index is 13.1. The third-order valence-electron chi connectivity index (χ3n) is 3.51. The highest BCUT2D eigenvalue weighted by atomic mass is 35.5. The van der Waals surface area contributed by atoms with Gasteiger partial charge in [0.25, 0.3) is 6.43 Å². The number of allylic oxidation sites excluding steroid dienone is 1. The van der Waals surface area contributed by atoms with Crippen LogP contribution in [0.5, 0.6) is 6.01 Å². The summed E-state index contributed by atoms with van der Waals surface area (Å²) in [7, 11) is 0. The molecule has 0 aliphatic rings. The van der Waals surface area contributed by atoms with Gasteiger partial charge in [0.2, 0.25) is 11.1 Å². The average molecular weight is 469 g/mol. The van der Waals surface area contributed by atoms with E-state index >= 15 is 0 Å². The number of carbonyl (C=O) groups excluding carboxylic acids is 1. The van der Waals surface area contributed by atoms with Crippen LogP contribution in [0.3, 0.4) is 0 Å². The number of nitrogens with zero attached hydrogens (tertiary/aromatic N) is 3. The van der Waals surface area contributed by atoms with E-state index in [1.807, 2.05) is 0 Å². The number of carbonyl (C=O) groups is 1. The molecule has 0 fully saturated rings. The fourth-order valence-electron chi connectivity index (χ4n) is 2.12. The molecule has 0 bridgehead atoms. The summed E-state index contributed by atoms with van der Waals surface area (Å²) in [6.45, 7) is 3.71. The van der Waals surface area contributed by atoms with Gasteiger partial charge in [0.05, 0.1) is 16.5 Å². The molecule has 2 aromatic rings. The number of aromatic nitrogens is 3. The summed E-state index contributed by atoms with van der Waals surface area (Å²) >= 11 is 3.74. The average Bonchev–Trinajstić information content (AvgIpc) is 3.00. The number of alkyl halides is 3. The van der Waals surface area contributed by atoms with E-state index in [0.717, 1.165) is 4.57 Å². The Morgan fingerprint density at radius 3 is 2.73 bits per heavy atom. The third kappa shape index (κ3) is 5.49. The maximum Gasteiger partial charge on any atom is 0.371 e. The van der Waals surface area contributed by atoms with E-state index in [-0.39, 0.29) is 21.1 Å². The van der Waals surface area contributed by atoms with Gasteiger partial charge in [0, 0.05) is 0 Å². The molecule has 0 aliphatic carbocycles. The van der Waals surface area contributed by atoms with Crippen molar-refractivity contribution in [3.8, 4) is 6.01 Å². The van der Waals surface area contributed by atoms with Crippen molar-refractivity contribution in [2.45, 2.75) is 31.0 Å². The topological polar surface area (TPSA) is 104 Å². The minimum absolute atomic E-state index is 0.106. The Morgan fingerprint density at radius 2 is 2.13 bits per heavy atom. The van der Waals surface area contributed by atoms with Crippen LogP contribution in [-0.4, -0.2) is 43.8 Å². The number of amides is 1. The molecule has 1 heterocycles. The molecule has 2 rings (SSSR count). The Labute approximate surface area is 175 Å². The van der Waals surface area contributed by atoms with E-state index < -0.39 is 48.0 Å². The molecule has 1 N–H and O–H groups in total. The van der Waals surface area contributed by atoms with Gasteiger partial charge in [-0.3, -0.25) is 0 Å². The highest BCUT2D eigenvalue weighted by Gasteiger charge is 2.24. The molecule has 164 valence electrons. The Hall–Kier alpha value is -2.64. The first-order valence-electron chi connectivity index (χ1n) is 8.17. The number of halogens is 4. The summed E-state index contributed by atoms with van der Waals surface area (Å²) in [6.07, 6.45) is -4.68. The number of hydroxylamine groups is 1. The second-order valence-corrected chi connectivity index (χ2v) is 7.10. The van der Waals surface area contributed by atoms with Gasteiger partial charge < -0.3 is 4.74 Å². The molecule has 30 heavy (non-hydrogen) atoms. The van der Waals surface area contributed by atoms with Crippen molar-refractivity contribution in [1.82, 2.24) is 19.8 Å². The molecule has 2 atom stereocenters. The van der Waals surface area contributed by atoms with Crippen LogP contribution in [0.4, 0.5) is 18.0 Å². The van der Waals surface area contributed by atoms with Gasteiger partial charge in [-0.1, -0.05) is 29.8 Å². The molecule has 2 unspecified atom stereocenters. The molecular formula is C16H16ClF3N4O5S. The fourth-order valence-corrected chi connectivity index (χ4v) is 3.32. The molecule has 1 aromatic carbocycles. The van der Waals surface area contributed by atoms with E-state index in [1.165, 1.54) is 12.1 Å². The number of benzene rings is 1. The van der Waals surface area contributed by atoms with E-state index in [2.05, 4.69) is 11.7 Å². The molecule has 0 radical (unpaired) electrons. The lowest BCUT2D eigenvalue weighted by Gasteiger charge is -2.08. The first-order chi connectivity index (χ1) is 14.2. The van der Waals surface area contributed by atoms with Gasteiger partial charge in [-0.05, 0) is 18.6 Å². The maximum absolute atomic E-state index is 13.1. The fraction of sp³-hybridized carbons (Fsp3) is 0.312. The molecule has 0 saturated carbocycles. The molecule has 1 aromatic heterocycles. The predicted molar refractivity (Wildman–Crippen MR) is 101 cm³/mol. The van der Waals surface area contributed by atoms with Crippen LogP contribution < -0.4 is 15.9 Å². The van der Waals surface area contributed by atoms with Crippen molar-refractivity contribution >= 4 is 28.7 Å². The van der Waals surface area contributed by atoms with E-state index in [1.54, 1.807) is 24.5 Å². The van der Waals surface area contributed by atoms with Crippen LogP contribution in [0, 0.1) is 6.92 Å². The van der Waals surface area contributed by atoms with E-state index in [0.29, 0.717) is 5.56 Å². The predicted octanol–water partition coefficient (Wildman–Crippen LogP) is 2.39. The largest absolute Gasteiger partial charge is 0.460 e. The molecule has 14 heteroatoms. The van der Waals surface area contributed by atoms with Crippen LogP contribution in [-0.2, 0) is 21.9 Å². The van der Waals surface area contributed by atoms with Crippen LogP contribution in [0.2, 0.25) is 5.02 Å². The number of nitrogens with one attached hydrogen (secondary N) is 1. The highest BCUT2D eigenvalue weighted by molar-refractivity contribution is 7.80. The number of aryl methyl sites for hydroxylation is 1. The van der Waals surface area contributed by atoms with E-state index in [4.69, 9.17) is 20.6 Å². The summed E-state index contributed by atoms with van der Waals surface area (Å²) in [4.78, 5) is 24.6. The normalized spacial score (nSPS) is 13.1. The smallest absolute Gasteiger partial charge is 0.371 e. The Morgan fingerprint density at radius 1 is 1.43 bits per heavy atom. The Balaban J connectivity index is 2.17. The summed E-state index contributed by atoms with van der Waals surface area (Å²) in [5.74, 6) is 0. The van der Waals surface area contributed by atoms with Gasteiger partial charge in [-0.25, -0.2) is 31.5 Å². The molecule has 9 nitrogen and oxygen atoms in total. The summed E-state index contributed by atoms with van der Waals surface area (Å²) < 4.78 is 60.4. The van der Waals surface area contributed by atoms with E-state index in [9.17, 15) is 27.0 Å². The summed E-state index contributed by atoms with van der Waals surface area (Å²) in [6, 6.07) is 2.85. The standard InChI is InChI=1S/C16H16ClF3N4O5S/c1-3-7-23-15(28-8-11(18)13(19)20)21-24(16(23)26)14(25)22-29-30(27)12-9(2)5-4-6-10(12)17/h3-6,11,13H,1,7-8H2,2H3,(H,22,25). The molecule has 1 amide bonds. The molecule has 0 aliphatic heterocycles. The van der Waals surface area contributed by atoms with Crippen LogP contribution in [0.25, 0.3) is 0 Å². The second kappa shape index (κ2) is 10.4. The van der Waals surface area contributed by atoms with Gasteiger partial charge in [0.15, 0.2) is 6.17 Å². The zero-order valence-corrected chi connectivity index (χ0v) is 17.0. The van der Waals surface area contributed by atoms with Crippen molar-refractivity contribution < 1.29 is 31.2 Å². The zero-order chi connectivity index (χ0) is 22.4. The van der Waals surface area contributed by atoms with Gasteiger partial charge in [-0.15, -0.1) is 16.4 Å². The van der Waals surface area contributed by atoms with Crippen LogP contribution in [0.15, 0.2) is 40.5 Å². The van der Waals surface area contributed by atoms with Crippen molar-refractivity contribution in [2.24, 2.45) is 0 Å². The number of hydrogen-bond acceptors (Lipinski definition) is 6. The molecular weight excluding hydrogens is 453 g/mol. The van der Waals surface area contributed by atoms with Crippen LogP contribution >= 0.6 is 11.6 Å². The van der Waals surface area contributed by atoms with Gasteiger partial charge >= 0.3 is 17.7 Å². The Kier molecular flexibility index (Phi) is 8.20. The number of rotatable bonds is 9. The quantitative estimate of drug-likeness (QED) is 0.447. The van der Waals surface area contributed by atoms with Crippen molar-refractivity contribution in [2.75, 3.05) is 6.61 Å². The molecule has 0 spiro atoms. The van der Waals surface area contributed by atoms with Crippen molar-refractivity contribution in [1.29, 1.82) is 0 Å². The van der Waals surface area contributed by atoms with Gasteiger partial charge in [0.1, 0.15) is 6.61 Å². The highest BCUT2D eigenvalue weighted by Crippen LogP contribution is 2.23. The second-order valence-electron chi connectivity index (χ2n) is 5.65. The zero-order valence-electron chi connectivity index (χ0n) is 15.4. The Bertz CT molecular complexity index is 993. The summed E-state index contributed by atoms with van der Waals surface area (Å²) in [5, 5.41) is 3.64. The SMILES string of the molecule is C=CCn1c(OCC(F)C(F)F)nn(C(=O)NOS(=O)c2c(C)cccc2Cl)c1=O. The minimum Gasteiger partial charge on any atom is -0.460 e. The third-order valence-corrected chi connectivity index (χ3v) is 5.05. The minimum atomic E-state index is -3.30. The van der Waals surface area contributed by atoms with Gasteiger partial charge in [-0.2, -0.15) is 9.76 Å². The lowest BCUT2D eigenvalue weighted by Crippen LogP contribution is -2.38. The first-order valence-corrected chi connectivity index (χ1v) is 9.63. The number of ether oxygens (including phenoxy) is 1. The summed E-state index contributed by atoms with van der Waals surface area (Å²) in [5.41, 5.74) is 1.24. The van der Waals surface area contributed by atoms with Crippen molar-refractivity contribution in [3.63, 3.8) is 0 Å². The first kappa shape index (κ1) is 23.6. The van der Waals surface area contributed by atoms with Crippen LogP contribution in [0.1, 0.15) is 5.56 Å². The van der Waals surface area contributed by atoms with Crippen molar-refractivity contribution in [3.05, 3.63) is 51.9 Å². The lowest BCUT2D eigenvalue weighted by molar-refractivity contribution is 0.0202. The monoisotopic (exact) mass is 468 g/mol.